The van der Waals surface area contributed by atoms with Gasteiger partial charge in [-0.25, -0.2) is 4.79 Å². The van der Waals surface area contributed by atoms with E-state index in [0.717, 1.165) is 32.7 Å². The molecule has 0 unspecified atom stereocenters. The first-order valence-electron chi connectivity index (χ1n) is 8.80. The molecule has 1 aliphatic heterocycles. The van der Waals surface area contributed by atoms with Crippen LogP contribution in [0.25, 0.3) is 0 Å². The van der Waals surface area contributed by atoms with Crippen molar-refractivity contribution in [2.24, 2.45) is 0 Å². The predicted octanol–water partition coefficient (Wildman–Crippen LogP) is 5.70. The van der Waals surface area contributed by atoms with E-state index in [1.807, 2.05) is 79.7 Å². The first-order chi connectivity index (χ1) is 13.1. The van der Waals surface area contributed by atoms with Gasteiger partial charge in [0.25, 0.3) is 0 Å². The van der Waals surface area contributed by atoms with Crippen LogP contribution < -0.4 is 15.4 Å². The van der Waals surface area contributed by atoms with Crippen molar-refractivity contribution in [2.45, 2.75) is 19.0 Å². The van der Waals surface area contributed by atoms with E-state index in [-0.39, 0.29) is 18.1 Å². The molecular weight excluding hydrogens is 404 g/mol. The number of fused-ring (bicyclic) bond motifs is 2. The maximum Gasteiger partial charge on any atom is 0.316 e. The summed E-state index contributed by atoms with van der Waals surface area (Å²) in [7, 11) is 0. The fourth-order valence-electron chi connectivity index (χ4n) is 3.27. The van der Waals surface area contributed by atoms with E-state index >= 15 is 0 Å². The normalized spacial score (nSPS) is 13.7. The molecule has 2 N–H and O–H groups in total. The summed E-state index contributed by atoms with van der Waals surface area (Å²) >= 11 is 3.43. The SMILES string of the molecule is C[C@@H](NC(=O)NC1c2ccccc2Oc2ccccc21)c1ccc(Br)cc1. The number of benzene rings is 3. The maximum atomic E-state index is 12.7. The van der Waals surface area contributed by atoms with Crippen LogP contribution in [-0.4, -0.2) is 6.03 Å². The lowest BCUT2D eigenvalue weighted by molar-refractivity contribution is 0.235. The summed E-state index contributed by atoms with van der Waals surface area (Å²) in [5.41, 5.74) is 2.94. The Kier molecular flexibility index (Phi) is 4.86. The number of ether oxygens (including phenoxy) is 1. The molecule has 1 atom stereocenters. The molecule has 5 heteroatoms. The van der Waals surface area contributed by atoms with Gasteiger partial charge in [0.15, 0.2) is 0 Å². The number of amides is 2. The van der Waals surface area contributed by atoms with Crippen molar-refractivity contribution in [2.75, 3.05) is 0 Å². The molecule has 0 radical (unpaired) electrons. The number of urea groups is 1. The lowest BCUT2D eigenvalue weighted by atomic mass is 9.95. The van der Waals surface area contributed by atoms with E-state index in [2.05, 4.69) is 26.6 Å². The zero-order chi connectivity index (χ0) is 18.8. The van der Waals surface area contributed by atoms with Gasteiger partial charge < -0.3 is 15.4 Å². The van der Waals surface area contributed by atoms with Gasteiger partial charge in [-0.05, 0) is 36.8 Å². The van der Waals surface area contributed by atoms with Gasteiger partial charge in [0, 0.05) is 15.6 Å². The Morgan fingerprint density at radius 2 is 1.48 bits per heavy atom. The molecule has 0 aromatic heterocycles. The Hall–Kier alpha value is -2.79. The molecular formula is C22H19BrN2O2. The van der Waals surface area contributed by atoms with Gasteiger partial charge in [-0.3, -0.25) is 0 Å². The van der Waals surface area contributed by atoms with E-state index in [4.69, 9.17) is 4.74 Å². The second-order valence-electron chi connectivity index (χ2n) is 6.50. The smallest absolute Gasteiger partial charge is 0.316 e. The van der Waals surface area contributed by atoms with Crippen LogP contribution in [0.1, 0.15) is 35.7 Å². The molecule has 1 heterocycles. The largest absolute Gasteiger partial charge is 0.457 e. The van der Waals surface area contributed by atoms with Gasteiger partial charge in [-0.2, -0.15) is 0 Å². The highest BCUT2D eigenvalue weighted by molar-refractivity contribution is 9.10. The molecule has 3 aromatic rings. The van der Waals surface area contributed by atoms with Gasteiger partial charge in [0.05, 0.1) is 12.1 Å². The summed E-state index contributed by atoms with van der Waals surface area (Å²) in [5, 5.41) is 6.12. The fourth-order valence-corrected chi connectivity index (χ4v) is 3.53. The van der Waals surface area contributed by atoms with E-state index < -0.39 is 0 Å². The summed E-state index contributed by atoms with van der Waals surface area (Å²) in [4.78, 5) is 12.7. The zero-order valence-corrected chi connectivity index (χ0v) is 16.4. The average Bonchev–Trinajstić information content (AvgIpc) is 2.68. The predicted molar refractivity (Wildman–Crippen MR) is 109 cm³/mol. The number of hydrogen-bond donors (Lipinski definition) is 2. The minimum absolute atomic E-state index is 0.108. The molecule has 27 heavy (non-hydrogen) atoms. The quantitative estimate of drug-likeness (QED) is 0.568. The van der Waals surface area contributed by atoms with Gasteiger partial charge in [-0.1, -0.05) is 64.5 Å². The Labute approximate surface area is 166 Å². The standard InChI is InChI=1S/C22H19BrN2O2/c1-14(15-10-12-16(23)13-11-15)24-22(26)25-21-17-6-2-4-8-19(17)27-20-9-5-3-7-18(20)21/h2-14,21H,1H3,(H2,24,25,26)/t14-/m1/s1. The fraction of sp³-hybridized carbons (Fsp3) is 0.136. The summed E-state index contributed by atoms with van der Waals surface area (Å²) in [5.74, 6) is 1.53. The highest BCUT2D eigenvalue weighted by Crippen LogP contribution is 2.42. The molecule has 1 aliphatic rings. The van der Waals surface area contributed by atoms with Crippen molar-refractivity contribution in [3.8, 4) is 11.5 Å². The third-order valence-corrected chi connectivity index (χ3v) is 5.20. The number of rotatable bonds is 3. The second kappa shape index (κ2) is 7.45. The first-order valence-corrected chi connectivity index (χ1v) is 9.59. The number of nitrogens with one attached hydrogen (secondary N) is 2. The monoisotopic (exact) mass is 422 g/mol. The number of hydrogen-bond acceptors (Lipinski definition) is 2. The van der Waals surface area contributed by atoms with Crippen LogP contribution in [0.5, 0.6) is 11.5 Å². The Morgan fingerprint density at radius 3 is 2.07 bits per heavy atom. The van der Waals surface area contributed by atoms with Crippen LogP contribution in [0.15, 0.2) is 77.3 Å². The van der Waals surface area contributed by atoms with Crippen LogP contribution in [0.3, 0.4) is 0 Å². The molecule has 0 spiro atoms. The van der Waals surface area contributed by atoms with E-state index in [9.17, 15) is 4.79 Å². The summed E-state index contributed by atoms with van der Waals surface area (Å²) < 4.78 is 6.99. The Bertz CT molecular complexity index is 927. The van der Waals surface area contributed by atoms with Crippen LogP contribution in [-0.2, 0) is 0 Å². The van der Waals surface area contributed by atoms with Crippen LogP contribution in [0, 0.1) is 0 Å². The molecule has 0 fully saturated rings. The van der Waals surface area contributed by atoms with Crippen LogP contribution in [0.4, 0.5) is 4.79 Å². The third kappa shape index (κ3) is 3.69. The minimum atomic E-state index is -0.261. The topological polar surface area (TPSA) is 50.4 Å². The highest BCUT2D eigenvalue weighted by atomic mass is 79.9. The lowest BCUT2D eigenvalue weighted by Gasteiger charge is -2.29. The van der Waals surface area contributed by atoms with Gasteiger partial charge in [0.1, 0.15) is 11.5 Å². The molecule has 3 aromatic carbocycles. The van der Waals surface area contributed by atoms with Gasteiger partial charge >= 0.3 is 6.03 Å². The zero-order valence-electron chi connectivity index (χ0n) is 14.8. The van der Waals surface area contributed by atoms with E-state index in [0.29, 0.717) is 0 Å². The molecule has 0 saturated heterocycles. The first kappa shape index (κ1) is 17.6. The summed E-state index contributed by atoms with van der Waals surface area (Å²) in [6.45, 7) is 1.97. The molecule has 0 aliphatic carbocycles. The summed E-state index contributed by atoms with van der Waals surface area (Å²) in [6.07, 6.45) is 0. The molecule has 2 amide bonds. The number of halogens is 1. The van der Waals surface area contributed by atoms with Crippen molar-refractivity contribution >= 4 is 22.0 Å². The van der Waals surface area contributed by atoms with Crippen LogP contribution >= 0.6 is 15.9 Å². The van der Waals surface area contributed by atoms with Gasteiger partial charge in [-0.15, -0.1) is 0 Å². The van der Waals surface area contributed by atoms with Crippen molar-refractivity contribution in [1.82, 2.24) is 10.6 Å². The highest BCUT2D eigenvalue weighted by Gasteiger charge is 2.28. The molecule has 4 nitrogen and oxygen atoms in total. The van der Waals surface area contributed by atoms with Crippen molar-refractivity contribution in [1.29, 1.82) is 0 Å². The number of carbonyl (C=O) groups is 1. The minimum Gasteiger partial charge on any atom is -0.457 e. The molecule has 0 saturated carbocycles. The van der Waals surface area contributed by atoms with Gasteiger partial charge in [0.2, 0.25) is 0 Å². The van der Waals surface area contributed by atoms with Crippen LogP contribution in [0.2, 0.25) is 0 Å². The summed E-state index contributed by atoms with van der Waals surface area (Å²) in [6, 6.07) is 22.9. The van der Waals surface area contributed by atoms with E-state index in [1.54, 1.807) is 0 Å². The number of para-hydroxylation sites is 2. The molecule has 136 valence electrons. The third-order valence-electron chi connectivity index (χ3n) is 4.67. The molecule has 0 bridgehead atoms. The van der Waals surface area contributed by atoms with E-state index in [1.165, 1.54) is 0 Å². The Balaban J connectivity index is 1.55. The van der Waals surface area contributed by atoms with Crippen molar-refractivity contribution in [3.05, 3.63) is 94.0 Å². The number of carbonyl (C=O) groups excluding carboxylic acids is 1. The maximum absolute atomic E-state index is 12.7. The second-order valence-corrected chi connectivity index (χ2v) is 7.42. The molecule has 4 rings (SSSR count). The lowest BCUT2D eigenvalue weighted by Crippen LogP contribution is -2.40. The Morgan fingerprint density at radius 1 is 0.926 bits per heavy atom. The average molecular weight is 423 g/mol. The van der Waals surface area contributed by atoms with Crippen molar-refractivity contribution in [3.63, 3.8) is 0 Å². The van der Waals surface area contributed by atoms with Crippen molar-refractivity contribution < 1.29 is 9.53 Å².